The predicted octanol–water partition coefficient (Wildman–Crippen LogP) is -0.543. The average molecular weight is 311 g/mol. The number of sulfone groups is 1. The Balaban J connectivity index is 2.87. The van der Waals surface area contributed by atoms with E-state index in [2.05, 4.69) is 10.3 Å². The number of pyridine rings is 1. The van der Waals surface area contributed by atoms with Gasteiger partial charge in [0.15, 0.2) is 9.84 Å². The molecule has 112 valence electrons. The number of rotatable bonds is 6. The third-order valence-electron chi connectivity index (χ3n) is 2.42. The SMILES string of the molecule is CC(=O)N[C@@H](CS(=O)(=O)Cc1ccnc(C#N)c1)C(=O)O. The van der Waals surface area contributed by atoms with Gasteiger partial charge in [0, 0.05) is 13.1 Å². The number of nitriles is 1. The molecule has 1 atom stereocenters. The fourth-order valence-corrected chi connectivity index (χ4v) is 3.15. The maximum atomic E-state index is 12.0. The van der Waals surface area contributed by atoms with Gasteiger partial charge < -0.3 is 10.4 Å². The molecule has 21 heavy (non-hydrogen) atoms. The van der Waals surface area contributed by atoms with Crippen LogP contribution in [0.1, 0.15) is 18.2 Å². The summed E-state index contributed by atoms with van der Waals surface area (Å²) in [6.07, 6.45) is 1.30. The van der Waals surface area contributed by atoms with E-state index >= 15 is 0 Å². The van der Waals surface area contributed by atoms with Gasteiger partial charge in [0.25, 0.3) is 0 Å². The van der Waals surface area contributed by atoms with E-state index in [1.807, 2.05) is 0 Å². The number of carbonyl (C=O) groups is 2. The van der Waals surface area contributed by atoms with Crippen LogP contribution in [0.4, 0.5) is 0 Å². The van der Waals surface area contributed by atoms with Crippen LogP contribution in [0.5, 0.6) is 0 Å². The van der Waals surface area contributed by atoms with Crippen molar-refractivity contribution in [3.05, 3.63) is 29.6 Å². The molecule has 0 aliphatic rings. The maximum Gasteiger partial charge on any atom is 0.327 e. The van der Waals surface area contributed by atoms with E-state index in [4.69, 9.17) is 10.4 Å². The number of nitrogens with zero attached hydrogens (tertiary/aromatic N) is 2. The smallest absolute Gasteiger partial charge is 0.327 e. The van der Waals surface area contributed by atoms with Crippen molar-refractivity contribution in [3.63, 3.8) is 0 Å². The van der Waals surface area contributed by atoms with Gasteiger partial charge in [0.2, 0.25) is 5.91 Å². The summed E-state index contributed by atoms with van der Waals surface area (Å²) in [5.74, 6) is -3.23. The van der Waals surface area contributed by atoms with Crippen molar-refractivity contribution in [2.45, 2.75) is 18.7 Å². The molecule has 0 bridgehead atoms. The van der Waals surface area contributed by atoms with Crippen molar-refractivity contribution in [1.82, 2.24) is 10.3 Å². The second-order valence-corrected chi connectivity index (χ2v) is 6.42. The molecule has 9 heteroatoms. The number of carboxylic acid groups (broad SMARTS) is 1. The van der Waals surface area contributed by atoms with E-state index in [0.717, 1.165) is 6.92 Å². The van der Waals surface area contributed by atoms with Gasteiger partial charge in [-0.25, -0.2) is 18.2 Å². The Morgan fingerprint density at radius 2 is 2.19 bits per heavy atom. The lowest BCUT2D eigenvalue weighted by molar-refractivity contribution is -0.140. The van der Waals surface area contributed by atoms with E-state index in [-0.39, 0.29) is 5.69 Å². The number of aliphatic carboxylic acids is 1. The van der Waals surface area contributed by atoms with Crippen LogP contribution in [0.2, 0.25) is 0 Å². The average Bonchev–Trinajstić information content (AvgIpc) is 2.36. The third-order valence-corrected chi connectivity index (χ3v) is 4.04. The van der Waals surface area contributed by atoms with Crippen molar-refractivity contribution in [3.8, 4) is 6.07 Å². The van der Waals surface area contributed by atoms with Gasteiger partial charge in [0.1, 0.15) is 17.8 Å². The fourth-order valence-electron chi connectivity index (χ4n) is 1.61. The molecule has 0 saturated heterocycles. The Morgan fingerprint density at radius 1 is 1.52 bits per heavy atom. The van der Waals surface area contributed by atoms with Crippen molar-refractivity contribution in [2.24, 2.45) is 0 Å². The molecule has 0 radical (unpaired) electrons. The van der Waals surface area contributed by atoms with Gasteiger partial charge >= 0.3 is 5.97 Å². The van der Waals surface area contributed by atoms with Crippen LogP contribution in [0.3, 0.4) is 0 Å². The molecule has 1 aromatic rings. The normalized spacial score (nSPS) is 12.2. The summed E-state index contributed by atoms with van der Waals surface area (Å²) in [5.41, 5.74) is 0.396. The minimum Gasteiger partial charge on any atom is -0.480 e. The van der Waals surface area contributed by atoms with E-state index in [0.29, 0.717) is 5.56 Å². The van der Waals surface area contributed by atoms with E-state index < -0.39 is 39.3 Å². The standard InChI is InChI=1S/C12H13N3O5S/c1-8(16)15-11(12(17)18)7-21(19,20)6-9-2-3-14-10(4-9)5-13/h2-4,11H,6-7H2,1H3,(H,15,16)(H,17,18)/t11-/m0/s1. The molecule has 1 heterocycles. The highest BCUT2D eigenvalue weighted by molar-refractivity contribution is 7.90. The van der Waals surface area contributed by atoms with Gasteiger partial charge in [0.05, 0.1) is 11.5 Å². The second-order valence-electron chi connectivity index (χ2n) is 4.31. The molecular weight excluding hydrogens is 298 g/mol. The monoisotopic (exact) mass is 311 g/mol. The van der Waals surface area contributed by atoms with Gasteiger partial charge in [-0.3, -0.25) is 4.79 Å². The number of nitrogens with one attached hydrogen (secondary N) is 1. The topological polar surface area (TPSA) is 137 Å². The highest BCUT2D eigenvalue weighted by Crippen LogP contribution is 2.09. The van der Waals surface area contributed by atoms with Gasteiger partial charge in [-0.15, -0.1) is 0 Å². The lowest BCUT2D eigenvalue weighted by Crippen LogP contribution is -2.44. The molecule has 0 spiro atoms. The van der Waals surface area contributed by atoms with Crippen molar-refractivity contribution in [1.29, 1.82) is 5.26 Å². The summed E-state index contributed by atoms with van der Waals surface area (Å²) >= 11 is 0. The van der Waals surface area contributed by atoms with Crippen LogP contribution >= 0.6 is 0 Å². The van der Waals surface area contributed by atoms with Crippen LogP contribution in [-0.4, -0.2) is 42.2 Å². The Kier molecular flexibility index (Phi) is 5.37. The molecule has 0 aliphatic carbocycles. The lowest BCUT2D eigenvalue weighted by Gasteiger charge is -2.13. The van der Waals surface area contributed by atoms with Gasteiger partial charge in [-0.1, -0.05) is 0 Å². The second kappa shape index (κ2) is 6.81. The largest absolute Gasteiger partial charge is 0.480 e. The highest BCUT2D eigenvalue weighted by Gasteiger charge is 2.26. The minimum absolute atomic E-state index is 0.0688. The number of carboxylic acids is 1. The third kappa shape index (κ3) is 5.58. The van der Waals surface area contributed by atoms with Crippen molar-refractivity contribution in [2.75, 3.05) is 5.75 Å². The molecule has 0 fully saturated rings. The highest BCUT2D eigenvalue weighted by atomic mass is 32.2. The summed E-state index contributed by atoms with van der Waals surface area (Å²) < 4.78 is 24.0. The number of carbonyl (C=O) groups excluding carboxylic acids is 1. The van der Waals surface area contributed by atoms with E-state index in [9.17, 15) is 18.0 Å². The first kappa shape index (κ1) is 16.6. The van der Waals surface area contributed by atoms with Gasteiger partial charge in [-0.05, 0) is 17.7 Å². The number of hydrogen-bond acceptors (Lipinski definition) is 6. The molecular formula is C12H13N3O5S. The summed E-state index contributed by atoms with van der Waals surface area (Å²) in [6, 6.07) is 3.01. The first-order valence-corrected chi connectivity index (χ1v) is 7.61. The molecule has 1 aromatic heterocycles. The summed E-state index contributed by atoms with van der Waals surface area (Å²) in [5, 5.41) is 19.7. The Morgan fingerprint density at radius 3 is 2.71 bits per heavy atom. The number of aromatic nitrogens is 1. The molecule has 1 rings (SSSR count). The molecule has 0 aliphatic heterocycles. The summed E-state index contributed by atoms with van der Waals surface area (Å²) in [4.78, 5) is 25.5. The molecule has 0 saturated carbocycles. The Hall–Kier alpha value is -2.47. The van der Waals surface area contributed by atoms with E-state index in [1.54, 1.807) is 6.07 Å². The fraction of sp³-hybridized carbons (Fsp3) is 0.333. The number of hydrogen-bond donors (Lipinski definition) is 2. The lowest BCUT2D eigenvalue weighted by atomic mass is 10.2. The quantitative estimate of drug-likeness (QED) is 0.719. The molecule has 8 nitrogen and oxygen atoms in total. The summed E-state index contributed by atoms with van der Waals surface area (Å²) in [6.45, 7) is 1.10. The first-order chi connectivity index (χ1) is 9.73. The number of amides is 1. The van der Waals surface area contributed by atoms with Crippen molar-refractivity contribution >= 4 is 21.7 Å². The van der Waals surface area contributed by atoms with Crippen molar-refractivity contribution < 1.29 is 23.1 Å². The Bertz CT molecular complexity index is 693. The van der Waals surface area contributed by atoms with Crippen LogP contribution in [0.15, 0.2) is 18.3 Å². The molecule has 0 aromatic carbocycles. The van der Waals surface area contributed by atoms with Crippen LogP contribution in [0.25, 0.3) is 0 Å². The molecule has 0 unspecified atom stereocenters. The zero-order valence-corrected chi connectivity index (χ0v) is 11.9. The molecule has 2 N–H and O–H groups in total. The first-order valence-electron chi connectivity index (χ1n) is 5.79. The zero-order chi connectivity index (χ0) is 16.0. The maximum absolute atomic E-state index is 12.0. The minimum atomic E-state index is -3.78. The van der Waals surface area contributed by atoms with Gasteiger partial charge in [-0.2, -0.15) is 5.26 Å². The Labute approximate surface area is 121 Å². The van der Waals surface area contributed by atoms with Crippen LogP contribution < -0.4 is 5.32 Å². The van der Waals surface area contributed by atoms with E-state index in [1.165, 1.54) is 18.3 Å². The predicted molar refractivity (Wildman–Crippen MR) is 71.7 cm³/mol. The van der Waals surface area contributed by atoms with Crippen LogP contribution in [0, 0.1) is 11.3 Å². The van der Waals surface area contributed by atoms with Crippen LogP contribution in [-0.2, 0) is 25.2 Å². The zero-order valence-electron chi connectivity index (χ0n) is 11.1. The molecule has 1 amide bonds. The summed E-state index contributed by atoms with van der Waals surface area (Å²) in [7, 11) is -3.78.